The van der Waals surface area contributed by atoms with Crippen molar-refractivity contribution in [1.82, 2.24) is 10.3 Å². The predicted molar refractivity (Wildman–Crippen MR) is 78.8 cm³/mol. The van der Waals surface area contributed by atoms with Crippen LogP contribution in [0.5, 0.6) is 0 Å². The van der Waals surface area contributed by atoms with Crippen LogP contribution in [0, 0.1) is 12.8 Å². The third kappa shape index (κ3) is 5.44. The predicted octanol–water partition coefficient (Wildman–Crippen LogP) is 1.21. The molecule has 0 bridgehead atoms. The van der Waals surface area contributed by atoms with Gasteiger partial charge in [-0.1, -0.05) is 13.8 Å². The Bertz CT molecular complexity index is 471. The van der Waals surface area contributed by atoms with Crippen molar-refractivity contribution in [3.05, 3.63) is 33.7 Å². The molecule has 19 heavy (non-hydrogen) atoms. The number of nitrogens with one attached hydrogen (secondary N) is 2. The summed E-state index contributed by atoms with van der Waals surface area (Å²) < 4.78 is 0. The molecule has 0 fully saturated rings. The fourth-order valence-electron chi connectivity index (χ4n) is 1.80. The largest absolute Gasteiger partial charge is 0.364 e. The van der Waals surface area contributed by atoms with Crippen LogP contribution in [-0.2, 0) is 0 Å². The molecular formula is C13H22ClN3O2. The van der Waals surface area contributed by atoms with E-state index in [0.717, 1.165) is 12.1 Å². The number of aromatic amines is 1. The van der Waals surface area contributed by atoms with Gasteiger partial charge in [0.05, 0.1) is 0 Å². The molecule has 0 saturated carbocycles. The number of aryl methyl sites for hydroxylation is 1. The van der Waals surface area contributed by atoms with Crippen LogP contribution in [0.4, 0.5) is 0 Å². The number of amides is 1. The minimum atomic E-state index is -0.368. The van der Waals surface area contributed by atoms with Gasteiger partial charge in [-0.05, 0) is 19.3 Å². The van der Waals surface area contributed by atoms with Crippen LogP contribution in [-0.4, -0.2) is 23.5 Å². The van der Waals surface area contributed by atoms with E-state index in [2.05, 4.69) is 24.1 Å². The fourth-order valence-corrected chi connectivity index (χ4v) is 1.80. The van der Waals surface area contributed by atoms with Gasteiger partial charge >= 0.3 is 0 Å². The van der Waals surface area contributed by atoms with Crippen molar-refractivity contribution in [1.29, 1.82) is 0 Å². The summed E-state index contributed by atoms with van der Waals surface area (Å²) in [5.41, 5.74) is 6.19. The quantitative estimate of drug-likeness (QED) is 0.760. The molecular weight excluding hydrogens is 266 g/mol. The second-order valence-corrected chi connectivity index (χ2v) is 4.93. The monoisotopic (exact) mass is 287 g/mol. The fraction of sp³-hybridized carbons (Fsp3) is 0.538. The second kappa shape index (κ2) is 7.96. The molecule has 5 nitrogen and oxygen atoms in total. The Balaban J connectivity index is 0.00000324. The maximum absolute atomic E-state index is 11.9. The van der Waals surface area contributed by atoms with Crippen LogP contribution >= 0.6 is 12.4 Å². The molecule has 1 rings (SSSR count). The van der Waals surface area contributed by atoms with Crippen molar-refractivity contribution in [3.8, 4) is 0 Å². The molecule has 1 aromatic heterocycles. The Morgan fingerprint density at radius 2 is 2.11 bits per heavy atom. The maximum atomic E-state index is 11.9. The number of hydrogen-bond acceptors (Lipinski definition) is 3. The van der Waals surface area contributed by atoms with Gasteiger partial charge in [0.25, 0.3) is 5.91 Å². The van der Waals surface area contributed by atoms with Crippen molar-refractivity contribution in [2.24, 2.45) is 11.7 Å². The molecule has 6 heteroatoms. The Morgan fingerprint density at radius 3 is 2.58 bits per heavy atom. The highest BCUT2D eigenvalue weighted by Gasteiger charge is 2.15. The van der Waals surface area contributed by atoms with Gasteiger partial charge in [-0.15, -0.1) is 12.4 Å². The first-order chi connectivity index (χ1) is 8.43. The van der Waals surface area contributed by atoms with E-state index in [1.165, 1.54) is 12.3 Å². The van der Waals surface area contributed by atoms with Crippen LogP contribution in [0.1, 0.15) is 36.3 Å². The molecule has 1 unspecified atom stereocenters. The third-order valence-corrected chi connectivity index (χ3v) is 2.68. The second-order valence-electron chi connectivity index (χ2n) is 4.93. The first-order valence-corrected chi connectivity index (χ1v) is 6.14. The lowest BCUT2D eigenvalue weighted by atomic mass is 10.0. The Labute approximate surface area is 119 Å². The topological polar surface area (TPSA) is 88.0 Å². The highest BCUT2D eigenvalue weighted by atomic mass is 35.5. The molecule has 108 valence electrons. The number of nitrogens with two attached hydrogens (primary N) is 1. The molecule has 1 aromatic rings. The average molecular weight is 288 g/mol. The highest BCUT2D eigenvalue weighted by Crippen LogP contribution is 2.04. The van der Waals surface area contributed by atoms with E-state index in [1.54, 1.807) is 6.92 Å². The maximum Gasteiger partial charge on any atom is 0.257 e. The van der Waals surface area contributed by atoms with Gasteiger partial charge in [-0.25, -0.2) is 0 Å². The van der Waals surface area contributed by atoms with Crippen LogP contribution < -0.4 is 16.5 Å². The summed E-state index contributed by atoms with van der Waals surface area (Å²) in [7, 11) is 0. The number of halogens is 1. The van der Waals surface area contributed by atoms with Crippen molar-refractivity contribution in [2.45, 2.75) is 33.2 Å². The van der Waals surface area contributed by atoms with E-state index in [9.17, 15) is 9.59 Å². The zero-order chi connectivity index (χ0) is 13.7. The number of aromatic nitrogens is 1. The number of rotatable bonds is 5. The molecule has 0 saturated heterocycles. The lowest BCUT2D eigenvalue weighted by Crippen LogP contribution is -2.42. The molecule has 0 aromatic carbocycles. The molecule has 1 heterocycles. The molecule has 1 amide bonds. The van der Waals surface area contributed by atoms with E-state index in [0.29, 0.717) is 12.5 Å². The molecule has 0 radical (unpaired) electrons. The summed E-state index contributed by atoms with van der Waals surface area (Å²) in [6, 6.07) is 1.31. The van der Waals surface area contributed by atoms with Gasteiger partial charge in [0.15, 0.2) is 5.43 Å². The number of H-pyrrole nitrogens is 1. The molecule has 1 atom stereocenters. The summed E-state index contributed by atoms with van der Waals surface area (Å²) in [4.78, 5) is 26.5. The number of carbonyl (C=O) groups is 1. The third-order valence-electron chi connectivity index (χ3n) is 2.68. The normalized spacial score (nSPS) is 11.8. The van der Waals surface area contributed by atoms with E-state index in [1.807, 2.05) is 0 Å². The van der Waals surface area contributed by atoms with Crippen LogP contribution in [0.25, 0.3) is 0 Å². The average Bonchev–Trinajstić information content (AvgIpc) is 2.27. The molecule has 0 spiro atoms. The van der Waals surface area contributed by atoms with Gasteiger partial charge in [0, 0.05) is 30.5 Å². The summed E-state index contributed by atoms with van der Waals surface area (Å²) in [6.45, 7) is 6.26. The highest BCUT2D eigenvalue weighted by molar-refractivity contribution is 5.94. The van der Waals surface area contributed by atoms with E-state index in [4.69, 9.17) is 5.73 Å². The Morgan fingerprint density at radius 1 is 1.47 bits per heavy atom. The number of hydrogen-bond donors (Lipinski definition) is 3. The SMILES string of the molecule is Cc1cc(=O)c(C(=O)NC(CN)CC(C)C)c[nH]1.Cl. The molecule has 4 N–H and O–H groups in total. The minimum absolute atomic E-state index is 0. The van der Waals surface area contributed by atoms with E-state index >= 15 is 0 Å². The van der Waals surface area contributed by atoms with Crippen molar-refractivity contribution >= 4 is 18.3 Å². The minimum Gasteiger partial charge on any atom is -0.364 e. The number of pyridine rings is 1. The Hall–Kier alpha value is -1.33. The summed E-state index contributed by atoms with van der Waals surface area (Å²) in [5.74, 6) is 0.0718. The first-order valence-electron chi connectivity index (χ1n) is 6.14. The van der Waals surface area contributed by atoms with E-state index in [-0.39, 0.29) is 35.3 Å². The lowest BCUT2D eigenvalue weighted by molar-refractivity contribution is 0.0932. The van der Waals surface area contributed by atoms with Crippen molar-refractivity contribution in [2.75, 3.05) is 6.54 Å². The first kappa shape index (κ1) is 17.7. The lowest BCUT2D eigenvalue weighted by Gasteiger charge is -2.18. The standard InChI is InChI=1S/C13H21N3O2.ClH/c1-8(2)4-10(6-14)16-13(18)11-7-15-9(3)5-12(11)17;/h5,7-8,10H,4,6,14H2,1-3H3,(H,15,17)(H,16,18);1H. The van der Waals surface area contributed by atoms with E-state index < -0.39 is 0 Å². The summed E-state index contributed by atoms with van der Waals surface area (Å²) >= 11 is 0. The van der Waals surface area contributed by atoms with Crippen LogP contribution in [0.2, 0.25) is 0 Å². The zero-order valence-corrected chi connectivity index (χ0v) is 12.3. The number of carbonyl (C=O) groups excluding carboxylic acids is 1. The van der Waals surface area contributed by atoms with Gasteiger partial charge in [-0.3, -0.25) is 9.59 Å². The summed E-state index contributed by atoms with van der Waals surface area (Å²) in [5, 5.41) is 2.79. The van der Waals surface area contributed by atoms with Gasteiger partial charge in [0.1, 0.15) is 5.56 Å². The Kier molecular flexibility index (Phi) is 7.41. The van der Waals surface area contributed by atoms with Gasteiger partial charge < -0.3 is 16.0 Å². The van der Waals surface area contributed by atoms with Crippen molar-refractivity contribution < 1.29 is 4.79 Å². The summed E-state index contributed by atoms with van der Waals surface area (Å²) in [6.07, 6.45) is 2.24. The van der Waals surface area contributed by atoms with Crippen LogP contribution in [0.15, 0.2) is 17.1 Å². The van der Waals surface area contributed by atoms with Crippen LogP contribution in [0.3, 0.4) is 0 Å². The smallest absolute Gasteiger partial charge is 0.257 e. The molecule has 0 aliphatic carbocycles. The molecule has 0 aliphatic rings. The van der Waals surface area contributed by atoms with Gasteiger partial charge in [0.2, 0.25) is 0 Å². The van der Waals surface area contributed by atoms with Gasteiger partial charge in [-0.2, -0.15) is 0 Å². The molecule has 0 aliphatic heterocycles. The van der Waals surface area contributed by atoms with Crippen molar-refractivity contribution in [3.63, 3.8) is 0 Å². The zero-order valence-electron chi connectivity index (χ0n) is 11.5.